The number of aliphatic hydroxyl groups excluding tert-OH is 1. The van der Waals surface area contributed by atoms with Gasteiger partial charge in [-0.25, -0.2) is 0 Å². The minimum Gasteiger partial charge on any atom is -0.490 e. The molecule has 1 N–H and O–H groups in total. The molecule has 1 aromatic carbocycles. The fourth-order valence-electron chi connectivity index (χ4n) is 2.82. The van der Waals surface area contributed by atoms with Crippen LogP contribution >= 0.6 is 0 Å². The molecular formula is C17H22N2O4. The molecule has 6 nitrogen and oxygen atoms in total. The number of nitriles is 1. The highest BCUT2D eigenvalue weighted by molar-refractivity contribution is 6.03. The van der Waals surface area contributed by atoms with Crippen molar-refractivity contribution in [1.29, 1.82) is 5.26 Å². The first kappa shape index (κ1) is 17.1. The summed E-state index contributed by atoms with van der Waals surface area (Å²) in [6.07, 6.45) is 0.994. The fraction of sp³-hybridized carbons (Fsp3) is 0.529. The van der Waals surface area contributed by atoms with Gasteiger partial charge in [-0.1, -0.05) is 13.8 Å². The highest BCUT2D eigenvalue weighted by atomic mass is 16.5. The standard InChI is InChI=1S/C17H22N2O4/c1-4-17(5-2)16(21)19(8-7-18)13-9-12(11-20)10-14(22-6-3)15(13)23-17/h9-10,20H,4-6,8,11H2,1-3H3. The number of fused-ring (bicyclic) bond motifs is 1. The molecule has 2 rings (SSSR count). The third-order valence-electron chi connectivity index (χ3n) is 4.17. The van der Waals surface area contributed by atoms with Gasteiger partial charge in [0.05, 0.1) is 25.0 Å². The molecule has 1 aromatic rings. The van der Waals surface area contributed by atoms with E-state index < -0.39 is 5.60 Å². The quantitative estimate of drug-likeness (QED) is 0.814. The molecule has 23 heavy (non-hydrogen) atoms. The molecule has 0 radical (unpaired) electrons. The molecule has 0 aliphatic carbocycles. The number of benzene rings is 1. The molecule has 6 heteroatoms. The monoisotopic (exact) mass is 318 g/mol. The van der Waals surface area contributed by atoms with Crippen molar-refractivity contribution < 1.29 is 19.4 Å². The molecule has 0 aromatic heterocycles. The summed E-state index contributed by atoms with van der Waals surface area (Å²) in [5.41, 5.74) is 0.0901. The predicted molar refractivity (Wildman–Crippen MR) is 85.4 cm³/mol. The van der Waals surface area contributed by atoms with Crippen molar-refractivity contribution in [2.24, 2.45) is 0 Å². The van der Waals surface area contributed by atoms with E-state index in [0.717, 1.165) is 0 Å². The number of aliphatic hydroxyl groups is 1. The summed E-state index contributed by atoms with van der Waals surface area (Å²) < 4.78 is 11.7. The van der Waals surface area contributed by atoms with E-state index in [1.807, 2.05) is 26.8 Å². The van der Waals surface area contributed by atoms with Gasteiger partial charge in [0.25, 0.3) is 5.91 Å². The Morgan fingerprint density at radius 1 is 1.35 bits per heavy atom. The van der Waals surface area contributed by atoms with E-state index in [-0.39, 0.29) is 19.1 Å². The van der Waals surface area contributed by atoms with Gasteiger partial charge in [-0.3, -0.25) is 9.69 Å². The highest BCUT2D eigenvalue weighted by Gasteiger charge is 2.47. The van der Waals surface area contributed by atoms with Crippen LogP contribution in [-0.4, -0.2) is 29.8 Å². The molecule has 1 heterocycles. The maximum Gasteiger partial charge on any atom is 0.272 e. The molecule has 0 bridgehead atoms. The number of amides is 1. The summed E-state index contributed by atoms with van der Waals surface area (Å²) in [6, 6.07) is 5.41. The van der Waals surface area contributed by atoms with Gasteiger partial charge in [0.2, 0.25) is 0 Å². The number of rotatable bonds is 6. The Morgan fingerprint density at radius 3 is 2.57 bits per heavy atom. The molecule has 0 unspecified atom stereocenters. The topological polar surface area (TPSA) is 82.8 Å². The number of ether oxygens (including phenoxy) is 2. The van der Waals surface area contributed by atoms with E-state index in [0.29, 0.717) is 42.2 Å². The third kappa shape index (κ3) is 2.84. The summed E-state index contributed by atoms with van der Waals surface area (Å²) in [6.45, 7) is 5.80. The summed E-state index contributed by atoms with van der Waals surface area (Å²) in [4.78, 5) is 14.3. The van der Waals surface area contributed by atoms with Crippen LogP contribution in [0.25, 0.3) is 0 Å². The summed E-state index contributed by atoms with van der Waals surface area (Å²) >= 11 is 0. The molecular weight excluding hydrogens is 296 g/mol. The Bertz CT molecular complexity index is 632. The first-order chi connectivity index (χ1) is 11.1. The van der Waals surface area contributed by atoms with Crippen LogP contribution in [0, 0.1) is 11.3 Å². The zero-order chi connectivity index (χ0) is 17.0. The Labute approximate surface area is 136 Å². The van der Waals surface area contributed by atoms with Crippen molar-refractivity contribution in [3.05, 3.63) is 17.7 Å². The van der Waals surface area contributed by atoms with Gasteiger partial charge in [0.1, 0.15) is 6.54 Å². The lowest BCUT2D eigenvalue weighted by Crippen LogP contribution is -2.55. The molecule has 1 aliphatic heterocycles. The first-order valence-corrected chi connectivity index (χ1v) is 7.85. The van der Waals surface area contributed by atoms with Gasteiger partial charge in [-0.15, -0.1) is 0 Å². The Hall–Kier alpha value is -2.26. The number of carbonyl (C=O) groups excluding carboxylic acids is 1. The van der Waals surface area contributed by atoms with Crippen molar-refractivity contribution in [2.75, 3.05) is 18.1 Å². The van der Waals surface area contributed by atoms with E-state index in [2.05, 4.69) is 0 Å². The minimum absolute atomic E-state index is 0.0720. The van der Waals surface area contributed by atoms with Gasteiger partial charge in [-0.2, -0.15) is 5.26 Å². The molecule has 0 fully saturated rings. The zero-order valence-corrected chi connectivity index (χ0v) is 13.8. The predicted octanol–water partition coefficient (Wildman–Crippen LogP) is 2.39. The minimum atomic E-state index is -0.990. The van der Waals surface area contributed by atoms with Crippen molar-refractivity contribution in [3.8, 4) is 17.6 Å². The average Bonchev–Trinajstić information content (AvgIpc) is 2.57. The molecule has 1 amide bonds. The number of hydrogen-bond acceptors (Lipinski definition) is 5. The van der Waals surface area contributed by atoms with E-state index in [1.54, 1.807) is 12.1 Å². The highest BCUT2D eigenvalue weighted by Crippen LogP contribution is 2.47. The maximum atomic E-state index is 12.9. The van der Waals surface area contributed by atoms with Crippen LogP contribution in [0.1, 0.15) is 39.2 Å². The fourth-order valence-corrected chi connectivity index (χ4v) is 2.82. The lowest BCUT2D eigenvalue weighted by Gasteiger charge is -2.41. The number of hydrogen-bond donors (Lipinski definition) is 1. The van der Waals surface area contributed by atoms with Crippen LogP contribution in [0.15, 0.2) is 12.1 Å². The van der Waals surface area contributed by atoms with Crippen LogP contribution in [0.2, 0.25) is 0 Å². The van der Waals surface area contributed by atoms with Crippen molar-refractivity contribution in [3.63, 3.8) is 0 Å². The molecule has 0 spiro atoms. The lowest BCUT2D eigenvalue weighted by molar-refractivity contribution is -0.136. The van der Waals surface area contributed by atoms with Gasteiger partial charge in [0, 0.05) is 0 Å². The van der Waals surface area contributed by atoms with Gasteiger partial charge in [-0.05, 0) is 37.5 Å². The van der Waals surface area contributed by atoms with Crippen LogP contribution in [0.4, 0.5) is 5.69 Å². The largest absolute Gasteiger partial charge is 0.490 e. The van der Waals surface area contributed by atoms with E-state index in [1.165, 1.54) is 4.90 Å². The maximum absolute atomic E-state index is 12.9. The SMILES string of the molecule is CCOc1cc(CO)cc2c1OC(CC)(CC)C(=O)N2CC#N. The van der Waals surface area contributed by atoms with E-state index in [4.69, 9.17) is 14.7 Å². The Balaban J connectivity index is 2.67. The molecule has 0 atom stereocenters. The van der Waals surface area contributed by atoms with Crippen molar-refractivity contribution >= 4 is 11.6 Å². The normalized spacial score (nSPS) is 15.6. The van der Waals surface area contributed by atoms with Crippen LogP contribution in [0.3, 0.4) is 0 Å². The first-order valence-electron chi connectivity index (χ1n) is 7.85. The molecule has 1 aliphatic rings. The Morgan fingerprint density at radius 2 is 2.04 bits per heavy atom. The van der Waals surface area contributed by atoms with Crippen molar-refractivity contribution in [1.82, 2.24) is 0 Å². The van der Waals surface area contributed by atoms with Gasteiger partial charge >= 0.3 is 0 Å². The summed E-state index contributed by atoms with van der Waals surface area (Å²) in [7, 11) is 0. The molecule has 124 valence electrons. The van der Waals surface area contributed by atoms with Gasteiger partial charge in [0.15, 0.2) is 17.1 Å². The van der Waals surface area contributed by atoms with Crippen LogP contribution < -0.4 is 14.4 Å². The number of anilines is 1. The van der Waals surface area contributed by atoms with Crippen LogP contribution in [-0.2, 0) is 11.4 Å². The second kappa shape index (κ2) is 6.88. The summed E-state index contributed by atoms with van der Waals surface area (Å²) in [5.74, 6) is 0.715. The molecule has 0 saturated carbocycles. The van der Waals surface area contributed by atoms with Crippen LogP contribution in [0.5, 0.6) is 11.5 Å². The number of nitrogens with zero attached hydrogens (tertiary/aromatic N) is 2. The lowest BCUT2D eigenvalue weighted by atomic mass is 9.92. The number of carbonyl (C=O) groups is 1. The van der Waals surface area contributed by atoms with Gasteiger partial charge < -0.3 is 14.6 Å². The second-order valence-corrected chi connectivity index (χ2v) is 5.39. The Kier molecular flexibility index (Phi) is 5.12. The van der Waals surface area contributed by atoms with Crippen molar-refractivity contribution in [2.45, 2.75) is 45.8 Å². The zero-order valence-electron chi connectivity index (χ0n) is 13.8. The summed E-state index contributed by atoms with van der Waals surface area (Å²) in [5, 5.41) is 18.6. The molecule has 0 saturated heterocycles. The second-order valence-electron chi connectivity index (χ2n) is 5.39. The third-order valence-corrected chi connectivity index (χ3v) is 4.17. The van der Waals surface area contributed by atoms with E-state index >= 15 is 0 Å². The average molecular weight is 318 g/mol. The van der Waals surface area contributed by atoms with E-state index in [9.17, 15) is 9.90 Å². The smallest absolute Gasteiger partial charge is 0.272 e.